The summed E-state index contributed by atoms with van der Waals surface area (Å²) in [6.45, 7) is 4.45. The molecule has 0 radical (unpaired) electrons. The van der Waals surface area contributed by atoms with Gasteiger partial charge in [0.25, 0.3) is 0 Å². The van der Waals surface area contributed by atoms with Crippen LogP contribution in [0.3, 0.4) is 0 Å². The van der Waals surface area contributed by atoms with Crippen molar-refractivity contribution in [3.05, 3.63) is 0 Å². The Hall–Kier alpha value is -0.570. The largest absolute Gasteiger partial charge is 0.461 e. The average molecular weight is 253 g/mol. The average Bonchev–Trinajstić information content (AvgIpc) is 2.32. The molecule has 104 valence electrons. The highest BCUT2D eigenvalue weighted by Crippen LogP contribution is 2.33. The first-order valence-corrected chi connectivity index (χ1v) is 7.49. The number of hydrogen-bond donors (Lipinski definition) is 1. The summed E-state index contributed by atoms with van der Waals surface area (Å²) >= 11 is 0. The molecule has 2 N–H and O–H groups in total. The van der Waals surface area contributed by atoms with Gasteiger partial charge in [0.05, 0.1) is 0 Å². The standard InChI is InChI=1S/C15H27NO2/c1-11-5-7-13(8-6-11)18-14(17)15(16)9-3-4-12(2)10-15/h11-13H,3-10,16H2,1-2H3. The monoisotopic (exact) mass is 253 g/mol. The van der Waals surface area contributed by atoms with Crippen molar-refractivity contribution in [3.8, 4) is 0 Å². The van der Waals surface area contributed by atoms with Crippen LogP contribution < -0.4 is 5.73 Å². The lowest BCUT2D eigenvalue weighted by Gasteiger charge is -2.36. The van der Waals surface area contributed by atoms with Gasteiger partial charge in [-0.05, 0) is 50.4 Å². The maximum Gasteiger partial charge on any atom is 0.326 e. The smallest absolute Gasteiger partial charge is 0.326 e. The maximum absolute atomic E-state index is 12.3. The molecule has 2 atom stereocenters. The summed E-state index contributed by atoms with van der Waals surface area (Å²) in [7, 11) is 0. The minimum Gasteiger partial charge on any atom is -0.461 e. The van der Waals surface area contributed by atoms with Crippen molar-refractivity contribution in [3.63, 3.8) is 0 Å². The molecular formula is C15H27NO2. The highest BCUT2D eigenvalue weighted by atomic mass is 16.5. The van der Waals surface area contributed by atoms with E-state index < -0.39 is 5.54 Å². The Labute approximate surface area is 110 Å². The first-order valence-electron chi connectivity index (χ1n) is 7.49. The summed E-state index contributed by atoms with van der Waals surface area (Å²) < 4.78 is 5.67. The Balaban J connectivity index is 1.87. The number of carbonyl (C=O) groups excluding carboxylic acids is 1. The zero-order chi connectivity index (χ0) is 13.2. The van der Waals surface area contributed by atoms with Gasteiger partial charge in [-0.1, -0.05) is 26.7 Å². The third-order valence-corrected chi connectivity index (χ3v) is 4.68. The fraction of sp³-hybridized carbons (Fsp3) is 0.933. The molecule has 2 rings (SSSR count). The van der Waals surface area contributed by atoms with Crippen LogP contribution >= 0.6 is 0 Å². The van der Waals surface area contributed by atoms with Crippen molar-refractivity contribution >= 4 is 5.97 Å². The van der Waals surface area contributed by atoms with E-state index in [1.54, 1.807) is 0 Å². The summed E-state index contributed by atoms with van der Waals surface area (Å²) in [5.74, 6) is 1.18. The topological polar surface area (TPSA) is 52.3 Å². The van der Waals surface area contributed by atoms with E-state index in [-0.39, 0.29) is 12.1 Å². The molecule has 2 fully saturated rings. The number of carbonyl (C=O) groups is 1. The van der Waals surface area contributed by atoms with Gasteiger partial charge in [-0.3, -0.25) is 4.79 Å². The van der Waals surface area contributed by atoms with Crippen LogP contribution in [0, 0.1) is 11.8 Å². The van der Waals surface area contributed by atoms with Crippen molar-refractivity contribution in [1.82, 2.24) is 0 Å². The van der Waals surface area contributed by atoms with E-state index in [1.807, 2.05) is 0 Å². The Kier molecular flexibility index (Phi) is 4.31. The lowest BCUT2D eigenvalue weighted by atomic mass is 9.77. The molecule has 0 aromatic heterocycles. The van der Waals surface area contributed by atoms with Crippen molar-refractivity contribution in [2.75, 3.05) is 0 Å². The molecule has 2 aliphatic carbocycles. The molecule has 18 heavy (non-hydrogen) atoms. The van der Waals surface area contributed by atoms with Crippen molar-refractivity contribution in [2.45, 2.75) is 76.9 Å². The van der Waals surface area contributed by atoms with Crippen LogP contribution in [-0.2, 0) is 9.53 Å². The Morgan fingerprint density at radius 3 is 2.39 bits per heavy atom. The third-order valence-electron chi connectivity index (χ3n) is 4.68. The number of esters is 1. The molecule has 0 saturated heterocycles. The molecule has 3 heteroatoms. The Morgan fingerprint density at radius 2 is 1.78 bits per heavy atom. The molecular weight excluding hydrogens is 226 g/mol. The minimum absolute atomic E-state index is 0.117. The second-order valence-electron chi connectivity index (χ2n) is 6.64. The molecule has 0 amide bonds. The molecule has 2 saturated carbocycles. The summed E-state index contributed by atoms with van der Waals surface area (Å²) in [5.41, 5.74) is 5.56. The van der Waals surface area contributed by atoms with Crippen LogP contribution in [0.2, 0.25) is 0 Å². The zero-order valence-corrected chi connectivity index (χ0v) is 11.8. The quantitative estimate of drug-likeness (QED) is 0.770. The van der Waals surface area contributed by atoms with E-state index in [0.717, 1.165) is 38.0 Å². The van der Waals surface area contributed by atoms with Gasteiger partial charge in [-0.25, -0.2) is 0 Å². The van der Waals surface area contributed by atoms with Gasteiger partial charge >= 0.3 is 5.97 Å². The van der Waals surface area contributed by atoms with Crippen LogP contribution in [0.4, 0.5) is 0 Å². The second kappa shape index (κ2) is 5.60. The molecule has 0 aliphatic heterocycles. The molecule has 0 aromatic carbocycles. The van der Waals surface area contributed by atoms with Gasteiger partial charge < -0.3 is 10.5 Å². The molecule has 3 nitrogen and oxygen atoms in total. The molecule has 0 aromatic rings. The maximum atomic E-state index is 12.3. The second-order valence-corrected chi connectivity index (χ2v) is 6.64. The highest BCUT2D eigenvalue weighted by molar-refractivity contribution is 5.80. The number of rotatable bonds is 2. The predicted molar refractivity (Wildman–Crippen MR) is 72.1 cm³/mol. The van der Waals surface area contributed by atoms with Gasteiger partial charge in [0.15, 0.2) is 0 Å². The zero-order valence-electron chi connectivity index (χ0n) is 11.8. The third kappa shape index (κ3) is 3.25. The first-order chi connectivity index (χ1) is 8.49. The van der Waals surface area contributed by atoms with Gasteiger partial charge in [0.1, 0.15) is 11.6 Å². The Morgan fingerprint density at radius 1 is 1.11 bits per heavy atom. The van der Waals surface area contributed by atoms with Crippen LogP contribution in [0.15, 0.2) is 0 Å². The van der Waals surface area contributed by atoms with Gasteiger partial charge in [0.2, 0.25) is 0 Å². The van der Waals surface area contributed by atoms with Crippen LogP contribution in [0.5, 0.6) is 0 Å². The van der Waals surface area contributed by atoms with E-state index in [4.69, 9.17) is 10.5 Å². The molecule has 0 bridgehead atoms. The van der Waals surface area contributed by atoms with Gasteiger partial charge in [-0.15, -0.1) is 0 Å². The van der Waals surface area contributed by atoms with Gasteiger partial charge in [0, 0.05) is 0 Å². The fourth-order valence-corrected chi connectivity index (χ4v) is 3.39. The van der Waals surface area contributed by atoms with E-state index in [2.05, 4.69) is 13.8 Å². The molecule has 2 unspecified atom stereocenters. The van der Waals surface area contributed by atoms with Crippen LogP contribution in [0.25, 0.3) is 0 Å². The van der Waals surface area contributed by atoms with E-state index in [1.165, 1.54) is 19.3 Å². The molecule has 0 spiro atoms. The summed E-state index contributed by atoms with van der Waals surface area (Å²) in [6, 6.07) is 0. The van der Waals surface area contributed by atoms with E-state index in [0.29, 0.717) is 5.92 Å². The lowest BCUT2D eigenvalue weighted by molar-refractivity contribution is -0.159. The SMILES string of the molecule is CC1CCC(OC(=O)C2(N)CCCC(C)C2)CC1. The number of ether oxygens (including phenoxy) is 1. The van der Waals surface area contributed by atoms with Gasteiger partial charge in [-0.2, -0.15) is 0 Å². The predicted octanol–water partition coefficient (Wildman–Crippen LogP) is 3.02. The molecule has 0 heterocycles. The van der Waals surface area contributed by atoms with Crippen molar-refractivity contribution in [2.24, 2.45) is 17.6 Å². The van der Waals surface area contributed by atoms with Crippen LogP contribution in [0.1, 0.15) is 65.2 Å². The van der Waals surface area contributed by atoms with E-state index in [9.17, 15) is 4.79 Å². The minimum atomic E-state index is -0.708. The van der Waals surface area contributed by atoms with Crippen LogP contribution in [-0.4, -0.2) is 17.6 Å². The lowest BCUT2D eigenvalue weighted by Crippen LogP contribution is -2.53. The molecule has 2 aliphatic rings. The first kappa shape index (κ1) is 13.9. The summed E-state index contributed by atoms with van der Waals surface area (Å²) in [4.78, 5) is 12.3. The Bertz CT molecular complexity index is 297. The number of hydrogen-bond acceptors (Lipinski definition) is 3. The highest BCUT2D eigenvalue weighted by Gasteiger charge is 2.40. The van der Waals surface area contributed by atoms with Crippen molar-refractivity contribution in [1.29, 1.82) is 0 Å². The van der Waals surface area contributed by atoms with Crippen molar-refractivity contribution < 1.29 is 9.53 Å². The normalized spacial score (nSPS) is 41.4. The summed E-state index contributed by atoms with van der Waals surface area (Å²) in [5, 5.41) is 0. The van der Waals surface area contributed by atoms with E-state index >= 15 is 0 Å². The fourth-order valence-electron chi connectivity index (χ4n) is 3.39. The number of nitrogens with two attached hydrogens (primary N) is 1. The summed E-state index contributed by atoms with van der Waals surface area (Å²) in [6.07, 6.45) is 8.30.